The molecule has 1 aliphatic rings. The average molecular weight is 443 g/mol. The fourth-order valence-corrected chi connectivity index (χ4v) is 3.03. The molecule has 0 saturated heterocycles. The van der Waals surface area contributed by atoms with Crippen LogP contribution in [0.3, 0.4) is 0 Å². The van der Waals surface area contributed by atoms with Crippen molar-refractivity contribution < 1.29 is 22.4 Å². The largest absolute Gasteiger partial charge is 0.573 e. The average Bonchev–Trinajstić information content (AvgIpc) is 3.15. The predicted molar refractivity (Wildman–Crippen MR) is 90.5 cm³/mol. The molecule has 1 aromatic heterocycles. The lowest BCUT2D eigenvalue weighted by molar-refractivity contribution is -0.274. The Morgan fingerprint density at radius 3 is 2.68 bits per heavy atom. The van der Waals surface area contributed by atoms with Crippen molar-refractivity contribution in [1.82, 2.24) is 15.5 Å². The van der Waals surface area contributed by atoms with Gasteiger partial charge in [-0.05, 0) is 31.0 Å². The van der Waals surface area contributed by atoms with Crippen molar-refractivity contribution in [3.8, 4) is 17.1 Å². The normalized spacial score (nSPS) is 15.2. The fraction of sp³-hybridized carbons (Fsp3) is 0.467. The molecule has 1 heterocycles. The standard InChI is InChI=1S/C15H15BrF3N3O2.ClH/c16-9-5-6-11(12(7-9)23-15(17,18)19)14-21-13(24-22-14)8-20-10-3-1-2-4-10;/h5-7,10,20H,1-4,8H2;1H. The third-order valence-electron chi connectivity index (χ3n) is 3.78. The van der Waals surface area contributed by atoms with Crippen molar-refractivity contribution in [2.45, 2.75) is 44.6 Å². The summed E-state index contributed by atoms with van der Waals surface area (Å²) in [6, 6.07) is 4.68. The summed E-state index contributed by atoms with van der Waals surface area (Å²) in [4.78, 5) is 4.16. The summed E-state index contributed by atoms with van der Waals surface area (Å²) >= 11 is 3.12. The second kappa shape index (κ2) is 8.37. The molecule has 1 N–H and O–H groups in total. The van der Waals surface area contributed by atoms with Gasteiger partial charge in [0.25, 0.3) is 0 Å². The van der Waals surface area contributed by atoms with Crippen LogP contribution in [0, 0.1) is 0 Å². The zero-order valence-electron chi connectivity index (χ0n) is 13.0. The number of halogens is 5. The Balaban J connectivity index is 0.00000225. The number of rotatable bonds is 5. The predicted octanol–water partition coefficient (Wildman–Crippen LogP) is 4.85. The molecule has 1 aromatic carbocycles. The van der Waals surface area contributed by atoms with Crippen LogP contribution >= 0.6 is 28.3 Å². The highest BCUT2D eigenvalue weighted by Crippen LogP contribution is 2.34. The molecule has 25 heavy (non-hydrogen) atoms. The SMILES string of the molecule is Cl.FC(F)(F)Oc1cc(Br)ccc1-c1noc(CNC2CCCC2)n1. The van der Waals surface area contributed by atoms with Crippen LogP contribution in [0.4, 0.5) is 13.2 Å². The number of alkyl halides is 3. The number of nitrogens with zero attached hydrogens (tertiary/aromatic N) is 2. The Morgan fingerprint density at radius 2 is 2.00 bits per heavy atom. The minimum atomic E-state index is -4.80. The van der Waals surface area contributed by atoms with Crippen molar-refractivity contribution in [2.75, 3.05) is 0 Å². The number of hydrogen-bond donors (Lipinski definition) is 1. The number of hydrogen-bond acceptors (Lipinski definition) is 5. The maximum Gasteiger partial charge on any atom is 0.573 e. The molecule has 0 radical (unpaired) electrons. The lowest BCUT2D eigenvalue weighted by Crippen LogP contribution is -2.25. The molecule has 3 rings (SSSR count). The molecule has 0 bridgehead atoms. The van der Waals surface area contributed by atoms with Crippen molar-refractivity contribution in [3.63, 3.8) is 0 Å². The lowest BCUT2D eigenvalue weighted by Gasteiger charge is -2.11. The number of nitrogens with one attached hydrogen (secondary N) is 1. The first-order valence-electron chi connectivity index (χ1n) is 7.52. The first kappa shape index (κ1) is 20.0. The van der Waals surface area contributed by atoms with Gasteiger partial charge < -0.3 is 14.6 Å². The van der Waals surface area contributed by atoms with E-state index >= 15 is 0 Å². The minimum Gasteiger partial charge on any atom is -0.405 e. The molecule has 5 nitrogen and oxygen atoms in total. The third kappa shape index (κ3) is 5.58. The summed E-state index contributed by atoms with van der Waals surface area (Å²) in [5, 5.41) is 7.07. The number of aromatic nitrogens is 2. The van der Waals surface area contributed by atoms with Crippen LogP contribution in [-0.4, -0.2) is 22.5 Å². The van der Waals surface area contributed by atoms with Crippen LogP contribution in [0.1, 0.15) is 31.6 Å². The summed E-state index contributed by atoms with van der Waals surface area (Å²) in [7, 11) is 0. The van der Waals surface area contributed by atoms with E-state index in [0.717, 1.165) is 12.8 Å². The van der Waals surface area contributed by atoms with Crippen molar-refractivity contribution in [2.24, 2.45) is 0 Å². The Labute approximate surface area is 156 Å². The maximum absolute atomic E-state index is 12.6. The molecule has 138 valence electrons. The Kier molecular flexibility index (Phi) is 6.70. The third-order valence-corrected chi connectivity index (χ3v) is 4.27. The first-order chi connectivity index (χ1) is 11.4. The van der Waals surface area contributed by atoms with Gasteiger partial charge in [-0.3, -0.25) is 0 Å². The van der Waals surface area contributed by atoms with E-state index < -0.39 is 6.36 Å². The quantitative estimate of drug-likeness (QED) is 0.717. The maximum atomic E-state index is 12.6. The van der Waals surface area contributed by atoms with Crippen molar-refractivity contribution in [3.05, 3.63) is 28.6 Å². The summed E-state index contributed by atoms with van der Waals surface area (Å²) in [5.41, 5.74) is 0.117. The van der Waals surface area contributed by atoms with E-state index in [4.69, 9.17) is 4.52 Å². The van der Waals surface area contributed by atoms with E-state index in [9.17, 15) is 13.2 Å². The van der Waals surface area contributed by atoms with E-state index in [2.05, 4.69) is 36.1 Å². The van der Waals surface area contributed by atoms with Gasteiger partial charge in [-0.15, -0.1) is 25.6 Å². The highest BCUT2D eigenvalue weighted by Gasteiger charge is 2.33. The van der Waals surface area contributed by atoms with Gasteiger partial charge in [-0.25, -0.2) is 0 Å². The Bertz CT molecular complexity index is 706. The van der Waals surface area contributed by atoms with Crippen LogP contribution in [0.25, 0.3) is 11.4 Å². The highest BCUT2D eigenvalue weighted by molar-refractivity contribution is 9.10. The summed E-state index contributed by atoms with van der Waals surface area (Å²) in [5.74, 6) is 0.00993. The topological polar surface area (TPSA) is 60.2 Å². The van der Waals surface area contributed by atoms with Gasteiger partial charge in [0.2, 0.25) is 11.7 Å². The molecule has 1 saturated carbocycles. The molecule has 2 aromatic rings. The smallest absolute Gasteiger partial charge is 0.405 e. The number of benzene rings is 1. The van der Waals surface area contributed by atoms with Crippen LogP contribution in [-0.2, 0) is 6.54 Å². The summed E-state index contributed by atoms with van der Waals surface area (Å²) in [6.07, 6.45) is -0.186. The monoisotopic (exact) mass is 441 g/mol. The molecular weight excluding hydrogens is 427 g/mol. The van der Waals surface area contributed by atoms with E-state index in [0.29, 0.717) is 23.0 Å². The van der Waals surface area contributed by atoms with Gasteiger partial charge in [0, 0.05) is 10.5 Å². The highest BCUT2D eigenvalue weighted by atomic mass is 79.9. The van der Waals surface area contributed by atoms with E-state index in [1.54, 1.807) is 6.07 Å². The van der Waals surface area contributed by atoms with Gasteiger partial charge in [0.05, 0.1) is 12.1 Å². The van der Waals surface area contributed by atoms with Crippen molar-refractivity contribution >= 4 is 28.3 Å². The van der Waals surface area contributed by atoms with Crippen LogP contribution in [0.2, 0.25) is 0 Å². The second-order valence-corrected chi connectivity index (χ2v) is 6.48. The zero-order valence-corrected chi connectivity index (χ0v) is 15.4. The molecule has 0 spiro atoms. The van der Waals surface area contributed by atoms with Gasteiger partial charge in [0.15, 0.2) is 0 Å². The van der Waals surface area contributed by atoms with Gasteiger partial charge in [0.1, 0.15) is 5.75 Å². The molecule has 0 aliphatic heterocycles. The van der Waals surface area contributed by atoms with Crippen molar-refractivity contribution in [1.29, 1.82) is 0 Å². The molecular formula is C15H16BrClF3N3O2. The second-order valence-electron chi connectivity index (χ2n) is 5.56. The summed E-state index contributed by atoms with van der Waals surface area (Å²) < 4.78 is 47.3. The van der Waals surface area contributed by atoms with Crippen LogP contribution in [0.15, 0.2) is 27.2 Å². The first-order valence-corrected chi connectivity index (χ1v) is 8.32. The van der Waals surface area contributed by atoms with Gasteiger partial charge >= 0.3 is 6.36 Å². The van der Waals surface area contributed by atoms with Gasteiger partial charge in [-0.1, -0.05) is 33.9 Å². The molecule has 0 amide bonds. The molecule has 0 atom stereocenters. The lowest BCUT2D eigenvalue weighted by atomic mass is 10.2. The summed E-state index contributed by atoms with van der Waals surface area (Å²) in [6.45, 7) is 0.393. The minimum absolute atomic E-state index is 0. The van der Waals surface area contributed by atoms with Crippen LogP contribution < -0.4 is 10.1 Å². The van der Waals surface area contributed by atoms with Gasteiger partial charge in [-0.2, -0.15) is 4.98 Å². The molecule has 1 aliphatic carbocycles. The molecule has 0 unspecified atom stereocenters. The van der Waals surface area contributed by atoms with E-state index in [-0.39, 0.29) is 29.5 Å². The molecule has 1 fully saturated rings. The Hall–Kier alpha value is -1.32. The fourth-order valence-electron chi connectivity index (χ4n) is 2.69. The number of ether oxygens (including phenoxy) is 1. The van der Waals surface area contributed by atoms with E-state index in [1.807, 2.05) is 0 Å². The van der Waals surface area contributed by atoms with Crippen LogP contribution in [0.5, 0.6) is 5.75 Å². The van der Waals surface area contributed by atoms with E-state index in [1.165, 1.54) is 25.0 Å². The molecule has 10 heteroatoms. The zero-order chi connectivity index (χ0) is 17.2. The Morgan fingerprint density at radius 1 is 1.28 bits per heavy atom.